The number of hydrogen-bond donors (Lipinski definition) is 1. The first-order valence-corrected chi connectivity index (χ1v) is 11.1. The first-order chi connectivity index (χ1) is 15.4. The quantitative estimate of drug-likeness (QED) is 0.389. The lowest BCUT2D eigenvalue weighted by atomic mass is 10.1. The number of methoxy groups -OCH3 is 1. The predicted molar refractivity (Wildman–Crippen MR) is 128 cm³/mol. The number of hydrogen-bond acceptors (Lipinski definition) is 5. The van der Waals surface area contributed by atoms with Crippen molar-refractivity contribution < 1.29 is 14.3 Å². The summed E-state index contributed by atoms with van der Waals surface area (Å²) >= 11 is 13.3. The molecule has 0 aliphatic carbocycles. The number of imidazole rings is 1. The molecule has 0 radical (unpaired) electrons. The minimum absolute atomic E-state index is 0.295. The van der Waals surface area contributed by atoms with E-state index in [0.717, 1.165) is 50.8 Å². The Bertz CT molecular complexity index is 1470. The summed E-state index contributed by atoms with van der Waals surface area (Å²) in [5.74, 6) is 0.342. The smallest absolute Gasteiger partial charge is 0.290 e. The zero-order valence-corrected chi connectivity index (χ0v) is 19.3. The van der Waals surface area contributed by atoms with Crippen LogP contribution in [-0.4, -0.2) is 32.4 Å². The topological polar surface area (TPSA) is 78.1 Å². The van der Waals surface area contributed by atoms with Gasteiger partial charge in [0.15, 0.2) is 5.82 Å². The first kappa shape index (κ1) is 21.1. The molecule has 2 aromatic heterocycles. The van der Waals surface area contributed by atoms with E-state index in [1.165, 1.54) is 0 Å². The highest BCUT2D eigenvalue weighted by Crippen LogP contribution is 2.34. The number of nitrogens with one attached hydrogen (secondary N) is 1. The van der Waals surface area contributed by atoms with Crippen molar-refractivity contribution in [1.29, 1.82) is 0 Å². The summed E-state index contributed by atoms with van der Waals surface area (Å²) in [6, 6.07) is 11.4. The molecular weight excluding hydrogens is 471 g/mol. The van der Waals surface area contributed by atoms with Gasteiger partial charge in [-0.1, -0.05) is 29.3 Å². The molecule has 1 aliphatic heterocycles. The minimum atomic E-state index is -0.376. The molecule has 7 nitrogen and oxygen atoms in total. The Morgan fingerprint density at radius 3 is 2.62 bits per heavy atom. The van der Waals surface area contributed by atoms with E-state index in [1.54, 1.807) is 25.3 Å². The summed E-state index contributed by atoms with van der Waals surface area (Å²) in [4.78, 5) is 28.5. The number of carbonyl (C=O) groups is 2. The third-order valence-corrected chi connectivity index (χ3v) is 6.82. The van der Waals surface area contributed by atoms with Gasteiger partial charge in [-0.2, -0.15) is 0 Å². The van der Waals surface area contributed by atoms with Gasteiger partial charge in [-0.15, -0.1) is 0 Å². The molecule has 10 heteroatoms. The minimum Gasteiger partial charge on any atom is -0.364 e. The summed E-state index contributed by atoms with van der Waals surface area (Å²) in [6.07, 6.45) is 1.71. The third-order valence-electron chi connectivity index (χ3n) is 5.28. The second kappa shape index (κ2) is 7.97. The highest BCUT2D eigenvalue weighted by molar-refractivity contribution is 8.18. The van der Waals surface area contributed by atoms with Crippen LogP contribution in [0.3, 0.4) is 0 Å². The van der Waals surface area contributed by atoms with Crippen LogP contribution in [-0.2, 0) is 23.3 Å². The lowest BCUT2D eigenvalue weighted by Gasteiger charge is -2.09. The van der Waals surface area contributed by atoms with Crippen molar-refractivity contribution in [2.45, 2.75) is 6.73 Å². The van der Waals surface area contributed by atoms with Crippen molar-refractivity contribution in [2.75, 3.05) is 7.11 Å². The van der Waals surface area contributed by atoms with E-state index in [2.05, 4.69) is 5.32 Å². The number of aryl methyl sites for hydroxylation is 1. The molecule has 1 fully saturated rings. The van der Waals surface area contributed by atoms with E-state index in [1.807, 2.05) is 40.4 Å². The van der Waals surface area contributed by atoms with Gasteiger partial charge in [-0.3, -0.25) is 19.5 Å². The number of nitrogens with zero attached hydrogens (tertiary/aromatic N) is 3. The van der Waals surface area contributed by atoms with Crippen LogP contribution in [0.2, 0.25) is 10.0 Å². The molecule has 32 heavy (non-hydrogen) atoms. The van der Waals surface area contributed by atoms with Gasteiger partial charge >= 0.3 is 0 Å². The number of halogens is 2. The van der Waals surface area contributed by atoms with Gasteiger partial charge in [-0.25, -0.2) is 4.98 Å². The molecule has 0 bridgehead atoms. The van der Waals surface area contributed by atoms with Crippen LogP contribution >= 0.6 is 35.0 Å². The summed E-state index contributed by atoms with van der Waals surface area (Å²) in [7, 11) is 3.58. The molecule has 3 heterocycles. The second-order valence-electron chi connectivity index (χ2n) is 7.30. The Morgan fingerprint density at radius 1 is 1.12 bits per heavy atom. The maximum atomic E-state index is 11.9. The number of amides is 2. The lowest BCUT2D eigenvalue weighted by molar-refractivity contribution is -0.115. The van der Waals surface area contributed by atoms with E-state index >= 15 is 0 Å². The normalized spacial score (nSPS) is 15.4. The Hall–Kier alpha value is -2.78. The van der Waals surface area contributed by atoms with Crippen molar-refractivity contribution in [3.05, 3.63) is 56.9 Å². The van der Waals surface area contributed by atoms with Crippen molar-refractivity contribution in [1.82, 2.24) is 19.4 Å². The fourth-order valence-electron chi connectivity index (χ4n) is 3.82. The van der Waals surface area contributed by atoms with Crippen molar-refractivity contribution in [2.24, 2.45) is 7.05 Å². The molecule has 4 aromatic rings. The zero-order valence-electron chi connectivity index (χ0n) is 17.0. The molecular formula is C22H16Cl2N4O3S. The van der Waals surface area contributed by atoms with Gasteiger partial charge in [0.05, 0.1) is 31.7 Å². The molecule has 2 aromatic carbocycles. The van der Waals surface area contributed by atoms with Crippen LogP contribution in [0.5, 0.6) is 0 Å². The van der Waals surface area contributed by atoms with Gasteiger partial charge in [0.25, 0.3) is 11.1 Å². The number of carbonyl (C=O) groups excluding carboxylic acids is 2. The Labute approximate surface area is 196 Å². The number of benzene rings is 2. The zero-order chi connectivity index (χ0) is 22.6. The van der Waals surface area contributed by atoms with Gasteiger partial charge < -0.3 is 9.30 Å². The van der Waals surface area contributed by atoms with E-state index in [9.17, 15) is 9.59 Å². The van der Waals surface area contributed by atoms with E-state index in [4.69, 9.17) is 32.9 Å². The van der Waals surface area contributed by atoms with Gasteiger partial charge in [0.2, 0.25) is 0 Å². The maximum absolute atomic E-state index is 11.9. The maximum Gasteiger partial charge on any atom is 0.290 e. The number of aromatic nitrogens is 3. The fourth-order valence-corrected chi connectivity index (χ4v) is 4.82. The molecule has 0 spiro atoms. The Balaban J connectivity index is 1.65. The van der Waals surface area contributed by atoms with Crippen LogP contribution in [0.25, 0.3) is 39.5 Å². The molecule has 0 saturated carbocycles. The summed E-state index contributed by atoms with van der Waals surface area (Å²) < 4.78 is 9.40. The highest BCUT2D eigenvalue weighted by atomic mass is 35.5. The Kier molecular flexibility index (Phi) is 5.25. The number of thioether (sulfide) groups is 1. The van der Waals surface area contributed by atoms with E-state index < -0.39 is 0 Å². The van der Waals surface area contributed by atoms with Crippen molar-refractivity contribution in [3.63, 3.8) is 0 Å². The van der Waals surface area contributed by atoms with Crippen LogP contribution < -0.4 is 5.32 Å². The van der Waals surface area contributed by atoms with E-state index in [-0.39, 0.29) is 11.1 Å². The van der Waals surface area contributed by atoms with Crippen molar-refractivity contribution in [3.8, 4) is 11.5 Å². The van der Waals surface area contributed by atoms with Crippen LogP contribution in [0.15, 0.2) is 41.3 Å². The first-order valence-electron chi connectivity index (χ1n) is 9.54. The summed E-state index contributed by atoms with van der Waals surface area (Å²) in [5, 5.41) is 3.77. The monoisotopic (exact) mass is 486 g/mol. The SMILES string of the molecule is COCn1c(-c2cc3cc(/C=C4/SC(=O)NC4=O)ccc3n2C)nc2cc(Cl)c(Cl)cc21. The van der Waals surface area contributed by atoms with Crippen LogP contribution in [0, 0.1) is 0 Å². The second-order valence-corrected chi connectivity index (χ2v) is 9.12. The lowest BCUT2D eigenvalue weighted by Crippen LogP contribution is -2.17. The number of imide groups is 1. The molecule has 1 saturated heterocycles. The fraction of sp³-hybridized carbons (Fsp3) is 0.136. The standard InChI is InChI=1S/C22H16Cl2N4O3S/c1-27-16-4-3-11(6-19-21(29)26-22(30)32-19)5-12(16)7-18(27)20-25-15-8-13(23)14(24)9-17(15)28(20)10-31-2/h3-9H,10H2,1-2H3,(H,26,29,30)/b19-6+. The van der Waals surface area contributed by atoms with Crippen LogP contribution in [0.1, 0.15) is 5.56 Å². The largest absolute Gasteiger partial charge is 0.364 e. The molecule has 0 unspecified atom stereocenters. The highest BCUT2D eigenvalue weighted by Gasteiger charge is 2.25. The molecule has 1 N–H and O–H groups in total. The number of fused-ring (bicyclic) bond motifs is 2. The molecule has 1 aliphatic rings. The number of ether oxygens (including phenoxy) is 1. The average Bonchev–Trinajstić information content (AvgIpc) is 3.36. The molecule has 5 rings (SSSR count). The van der Waals surface area contributed by atoms with Crippen molar-refractivity contribution >= 4 is 74.1 Å². The summed E-state index contributed by atoms with van der Waals surface area (Å²) in [6.45, 7) is 0.295. The molecule has 2 amide bonds. The average molecular weight is 487 g/mol. The summed E-state index contributed by atoms with van der Waals surface area (Å²) in [5.41, 5.74) is 4.24. The van der Waals surface area contributed by atoms with Gasteiger partial charge in [-0.05, 0) is 53.7 Å². The van der Waals surface area contributed by atoms with Crippen LogP contribution in [0.4, 0.5) is 4.79 Å². The Morgan fingerprint density at radius 2 is 1.91 bits per heavy atom. The van der Waals surface area contributed by atoms with Gasteiger partial charge in [0.1, 0.15) is 6.73 Å². The number of rotatable bonds is 4. The molecule has 0 atom stereocenters. The third kappa shape index (κ3) is 3.49. The molecule has 162 valence electrons. The van der Waals surface area contributed by atoms with Gasteiger partial charge in [0, 0.05) is 25.1 Å². The predicted octanol–water partition coefficient (Wildman–Crippen LogP) is 5.43. The van der Waals surface area contributed by atoms with E-state index in [0.29, 0.717) is 21.7 Å².